The molecule has 1 aromatic carbocycles. The van der Waals surface area contributed by atoms with E-state index in [1.54, 1.807) is 16.6 Å². The number of hydrogen-bond acceptors (Lipinski definition) is 2. The quantitative estimate of drug-likeness (QED) is 0.673. The van der Waals surface area contributed by atoms with Crippen LogP contribution in [0.4, 0.5) is 0 Å². The summed E-state index contributed by atoms with van der Waals surface area (Å²) < 4.78 is 1.76. The number of nitrogens with zero attached hydrogens (tertiary/aromatic N) is 3. The smallest absolute Gasteiger partial charge is 0.182 e. The molecule has 0 saturated carbocycles. The van der Waals surface area contributed by atoms with Gasteiger partial charge in [0.15, 0.2) is 11.5 Å². The van der Waals surface area contributed by atoms with Gasteiger partial charge >= 0.3 is 0 Å². The van der Waals surface area contributed by atoms with Crippen LogP contribution in [-0.2, 0) is 0 Å². The fraction of sp³-hybridized carbons (Fsp3) is 0.0769. The van der Waals surface area contributed by atoms with Gasteiger partial charge in [-0.1, -0.05) is 29.3 Å². The van der Waals surface area contributed by atoms with Gasteiger partial charge in [-0.3, -0.25) is 0 Å². The molecule has 2 heterocycles. The monoisotopic (exact) mass is 277 g/mol. The largest absolute Gasteiger partial charge is 0.220 e. The summed E-state index contributed by atoms with van der Waals surface area (Å²) in [4.78, 5) is 4.50. The molecular formula is C13H9Cl2N3. The van der Waals surface area contributed by atoms with E-state index in [-0.39, 0.29) is 0 Å². The van der Waals surface area contributed by atoms with Crippen LogP contribution in [0.1, 0.15) is 5.56 Å². The Hall–Kier alpha value is -1.58. The van der Waals surface area contributed by atoms with Crippen LogP contribution in [0, 0.1) is 6.92 Å². The van der Waals surface area contributed by atoms with E-state index in [2.05, 4.69) is 10.1 Å². The predicted molar refractivity (Wildman–Crippen MR) is 73.2 cm³/mol. The fourth-order valence-corrected chi connectivity index (χ4v) is 2.10. The minimum absolute atomic E-state index is 0.504. The molecule has 3 nitrogen and oxygen atoms in total. The summed E-state index contributed by atoms with van der Waals surface area (Å²) in [6, 6.07) is 9.32. The molecule has 3 aromatic rings. The molecule has 0 fully saturated rings. The second-order valence-electron chi connectivity index (χ2n) is 4.02. The Bertz CT molecular complexity index is 734. The molecule has 0 N–H and O–H groups in total. The molecule has 5 heteroatoms. The van der Waals surface area contributed by atoms with Gasteiger partial charge in [-0.2, -0.15) is 0 Å². The third-order valence-corrected chi connectivity index (χ3v) is 3.47. The highest BCUT2D eigenvalue weighted by Gasteiger charge is 2.09. The van der Waals surface area contributed by atoms with Gasteiger partial charge in [0.05, 0.1) is 10.0 Å². The number of rotatable bonds is 1. The van der Waals surface area contributed by atoms with Crippen molar-refractivity contribution >= 4 is 28.8 Å². The van der Waals surface area contributed by atoms with E-state index in [9.17, 15) is 0 Å². The SMILES string of the molecule is Cc1cccn2nc(-c3ccc(Cl)c(Cl)c3)nc12. The van der Waals surface area contributed by atoms with Crippen molar-refractivity contribution in [3.8, 4) is 11.4 Å². The summed E-state index contributed by atoms with van der Waals surface area (Å²) in [5.74, 6) is 0.642. The van der Waals surface area contributed by atoms with E-state index in [0.29, 0.717) is 15.9 Å². The molecule has 0 aliphatic carbocycles. The molecule has 0 spiro atoms. The van der Waals surface area contributed by atoms with Crippen LogP contribution in [0.15, 0.2) is 36.5 Å². The summed E-state index contributed by atoms with van der Waals surface area (Å²) in [6.45, 7) is 2.00. The third kappa shape index (κ3) is 1.85. The zero-order valence-electron chi connectivity index (χ0n) is 9.56. The summed E-state index contributed by atoms with van der Waals surface area (Å²) >= 11 is 11.9. The molecule has 0 atom stereocenters. The van der Waals surface area contributed by atoms with Gasteiger partial charge in [0, 0.05) is 11.8 Å². The first kappa shape index (κ1) is 11.5. The molecule has 2 aromatic heterocycles. The third-order valence-electron chi connectivity index (χ3n) is 2.74. The number of fused-ring (bicyclic) bond motifs is 1. The first-order valence-corrected chi connectivity index (χ1v) is 6.18. The van der Waals surface area contributed by atoms with Gasteiger partial charge in [-0.15, -0.1) is 5.10 Å². The Balaban J connectivity index is 2.19. The maximum atomic E-state index is 6.00. The molecule has 0 aliphatic rings. The Morgan fingerprint density at radius 3 is 2.67 bits per heavy atom. The van der Waals surface area contributed by atoms with Crippen LogP contribution in [0.25, 0.3) is 17.0 Å². The zero-order valence-corrected chi connectivity index (χ0v) is 11.1. The van der Waals surface area contributed by atoms with Gasteiger partial charge < -0.3 is 0 Å². The summed E-state index contributed by atoms with van der Waals surface area (Å²) in [6.07, 6.45) is 1.87. The minimum atomic E-state index is 0.504. The number of halogens is 2. The summed E-state index contributed by atoms with van der Waals surface area (Å²) in [5, 5.41) is 5.45. The van der Waals surface area contributed by atoms with E-state index in [4.69, 9.17) is 23.2 Å². The van der Waals surface area contributed by atoms with Gasteiger partial charge in [0.1, 0.15) is 0 Å². The molecule has 0 radical (unpaired) electrons. The number of aromatic nitrogens is 3. The Morgan fingerprint density at radius 1 is 1.11 bits per heavy atom. The molecule has 0 amide bonds. The standard InChI is InChI=1S/C13H9Cl2N3/c1-8-3-2-6-18-13(8)16-12(17-18)9-4-5-10(14)11(15)7-9/h2-7H,1H3. The average molecular weight is 278 g/mol. The number of hydrogen-bond donors (Lipinski definition) is 0. The van der Waals surface area contributed by atoms with Crippen molar-refractivity contribution in [3.63, 3.8) is 0 Å². The highest BCUT2D eigenvalue weighted by atomic mass is 35.5. The molecule has 0 bridgehead atoms. The van der Waals surface area contributed by atoms with E-state index >= 15 is 0 Å². The van der Waals surface area contributed by atoms with Crippen LogP contribution in [0.2, 0.25) is 10.0 Å². The average Bonchev–Trinajstić information content (AvgIpc) is 2.78. The molecule has 0 aliphatic heterocycles. The topological polar surface area (TPSA) is 30.2 Å². The first-order chi connectivity index (χ1) is 8.65. The Kier molecular flexibility index (Phi) is 2.73. The Morgan fingerprint density at radius 2 is 1.94 bits per heavy atom. The second-order valence-corrected chi connectivity index (χ2v) is 4.84. The second kappa shape index (κ2) is 4.26. The van der Waals surface area contributed by atoms with E-state index in [1.807, 2.05) is 31.3 Å². The van der Waals surface area contributed by atoms with Crippen LogP contribution < -0.4 is 0 Å². The van der Waals surface area contributed by atoms with Gasteiger partial charge in [0.2, 0.25) is 0 Å². The summed E-state index contributed by atoms with van der Waals surface area (Å²) in [7, 11) is 0. The molecule has 90 valence electrons. The van der Waals surface area contributed by atoms with Gasteiger partial charge in [0.25, 0.3) is 0 Å². The molecular weight excluding hydrogens is 269 g/mol. The molecule has 0 unspecified atom stereocenters. The lowest BCUT2D eigenvalue weighted by Crippen LogP contribution is -1.87. The highest BCUT2D eigenvalue weighted by molar-refractivity contribution is 6.42. The fourth-order valence-electron chi connectivity index (χ4n) is 1.80. The van der Waals surface area contributed by atoms with Gasteiger partial charge in [-0.25, -0.2) is 9.50 Å². The van der Waals surface area contributed by atoms with Crippen molar-refractivity contribution in [1.29, 1.82) is 0 Å². The highest BCUT2D eigenvalue weighted by Crippen LogP contribution is 2.27. The van der Waals surface area contributed by atoms with E-state index in [0.717, 1.165) is 16.8 Å². The van der Waals surface area contributed by atoms with Crippen molar-refractivity contribution in [2.24, 2.45) is 0 Å². The minimum Gasteiger partial charge on any atom is -0.220 e. The Labute approximate surface area is 114 Å². The van der Waals surface area contributed by atoms with E-state index in [1.165, 1.54) is 0 Å². The number of aryl methyl sites for hydroxylation is 1. The number of pyridine rings is 1. The number of benzene rings is 1. The van der Waals surface area contributed by atoms with Crippen molar-refractivity contribution in [2.75, 3.05) is 0 Å². The molecule has 18 heavy (non-hydrogen) atoms. The predicted octanol–water partition coefficient (Wildman–Crippen LogP) is 4.01. The maximum Gasteiger partial charge on any atom is 0.182 e. The van der Waals surface area contributed by atoms with E-state index < -0.39 is 0 Å². The normalized spacial score (nSPS) is 11.1. The van der Waals surface area contributed by atoms with Crippen LogP contribution in [0.5, 0.6) is 0 Å². The lowest BCUT2D eigenvalue weighted by Gasteiger charge is -1.97. The van der Waals surface area contributed by atoms with Crippen molar-refractivity contribution < 1.29 is 0 Å². The van der Waals surface area contributed by atoms with Crippen molar-refractivity contribution in [3.05, 3.63) is 52.1 Å². The molecule has 3 rings (SSSR count). The lowest BCUT2D eigenvalue weighted by atomic mass is 10.2. The van der Waals surface area contributed by atoms with Crippen LogP contribution >= 0.6 is 23.2 Å². The maximum absolute atomic E-state index is 6.00. The summed E-state index contributed by atoms with van der Waals surface area (Å²) in [5.41, 5.74) is 2.78. The zero-order chi connectivity index (χ0) is 12.7. The van der Waals surface area contributed by atoms with Gasteiger partial charge in [-0.05, 0) is 36.8 Å². The van der Waals surface area contributed by atoms with Crippen molar-refractivity contribution in [1.82, 2.24) is 14.6 Å². The van der Waals surface area contributed by atoms with Crippen LogP contribution in [0.3, 0.4) is 0 Å². The lowest BCUT2D eigenvalue weighted by molar-refractivity contribution is 0.960. The molecule has 0 saturated heterocycles. The first-order valence-electron chi connectivity index (χ1n) is 5.42. The van der Waals surface area contributed by atoms with Crippen LogP contribution in [-0.4, -0.2) is 14.6 Å². The van der Waals surface area contributed by atoms with Crippen molar-refractivity contribution in [2.45, 2.75) is 6.92 Å².